The smallest absolute Gasteiger partial charge is 0.416 e. The van der Waals surface area contributed by atoms with Gasteiger partial charge in [-0.15, -0.1) is 0 Å². The predicted octanol–water partition coefficient (Wildman–Crippen LogP) is 3.00. The van der Waals surface area contributed by atoms with E-state index < -0.39 is 17.8 Å². The maximum atomic E-state index is 12.6. The average Bonchev–Trinajstić information content (AvgIpc) is 2.51. The van der Waals surface area contributed by atoms with Gasteiger partial charge in [0.15, 0.2) is 0 Å². The highest BCUT2D eigenvalue weighted by Crippen LogP contribution is 2.31. The third kappa shape index (κ3) is 5.26. The van der Waals surface area contributed by atoms with E-state index >= 15 is 0 Å². The quantitative estimate of drug-likeness (QED) is 0.841. The van der Waals surface area contributed by atoms with Crippen molar-refractivity contribution in [3.8, 4) is 5.75 Å². The molecule has 0 saturated carbocycles. The minimum Gasteiger partial charge on any atom is -0.491 e. The number of nitrogens with one attached hydrogen (secondary N) is 1. The molecule has 23 heavy (non-hydrogen) atoms. The number of anilines is 1. The van der Waals surface area contributed by atoms with Crippen LogP contribution in [0.15, 0.2) is 36.8 Å². The van der Waals surface area contributed by atoms with Crippen LogP contribution >= 0.6 is 11.6 Å². The topological polar surface area (TPSA) is 67.3 Å². The second-order valence-electron chi connectivity index (χ2n) is 4.59. The molecule has 0 aliphatic carbocycles. The molecule has 1 aromatic heterocycles. The Kier molecular flexibility index (Phi) is 5.62. The Morgan fingerprint density at radius 3 is 2.83 bits per heavy atom. The minimum absolute atomic E-state index is 0.0268. The maximum absolute atomic E-state index is 12.6. The van der Waals surface area contributed by atoms with Gasteiger partial charge in [-0.2, -0.15) is 13.2 Å². The summed E-state index contributed by atoms with van der Waals surface area (Å²) in [7, 11) is 0. The molecule has 0 radical (unpaired) electrons. The van der Waals surface area contributed by atoms with Gasteiger partial charge < -0.3 is 15.2 Å². The van der Waals surface area contributed by atoms with Crippen molar-refractivity contribution in [2.75, 3.05) is 18.5 Å². The molecule has 5 nitrogen and oxygen atoms in total. The van der Waals surface area contributed by atoms with Crippen molar-refractivity contribution in [1.29, 1.82) is 0 Å². The Balaban J connectivity index is 1.85. The van der Waals surface area contributed by atoms with Crippen LogP contribution in [0, 0.1) is 0 Å². The van der Waals surface area contributed by atoms with Crippen LogP contribution in [0.1, 0.15) is 5.56 Å². The normalized spacial score (nSPS) is 12.7. The summed E-state index contributed by atoms with van der Waals surface area (Å²) in [5.74, 6) is 0.374. The molecule has 0 amide bonds. The third-order valence-corrected chi connectivity index (χ3v) is 3.05. The molecule has 2 aromatic rings. The molecular formula is C14H13ClF3N3O2. The van der Waals surface area contributed by atoms with E-state index in [-0.39, 0.29) is 18.9 Å². The molecule has 0 aliphatic rings. The van der Waals surface area contributed by atoms with Crippen LogP contribution in [0.25, 0.3) is 0 Å². The summed E-state index contributed by atoms with van der Waals surface area (Å²) in [4.78, 5) is 7.59. The van der Waals surface area contributed by atoms with E-state index in [0.717, 1.165) is 12.1 Å². The largest absolute Gasteiger partial charge is 0.491 e. The van der Waals surface area contributed by atoms with Crippen molar-refractivity contribution < 1.29 is 23.0 Å². The first-order valence-corrected chi connectivity index (χ1v) is 6.91. The van der Waals surface area contributed by atoms with Crippen LogP contribution < -0.4 is 10.1 Å². The highest BCUT2D eigenvalue weighted by molar-refractivity contribution is 6.32. The van der Waals surface area contributed by atoms with Crippen LogP contribution in [0.4, 0.5) is 19.0 Å². The summed E-state index contributed by atoms with van der Waals surface area (Å²) in [6, 6.07) is 4.45. The average molecular weight is 348 g/mol. The number of rotatable bonds is 6. The lowest BCUT2D eigenvalue weighted by molar-refractivity contribution is -0.137. The minimum atomic E-state index is -4.44. The SMILES string of the molecule is OC(CNc1ncncc1Cl)COc1cccc(C(F)(F)F)c1. The molecule has 1 atom stereocenters. The van der Waals surface area contributed by atoms with Gasteiger partial charge in [0.05, 0.1) is 11.8 Å². The second-order valence-corrected chi connectivity index (χ2v) is 5.00. The van der Waals surface area contributed by atoms with Crippen molar-refractivity contribution in [2.45, 2.75) is 12.3 Å². The third-order valence-electron chi connectivity index (χ3n) is 2.78. The Morgan fingerprint density at radius 2 is 2.13 bits per heavy atom. The van der Waals surface area contributed by atoms with E-state index in [1.165, 1.54) is 24.7 Å². The number of hydrogen-bond acceptors (Lipinski definition) is 5. The number of benzene rings is 1. The van der Waals surface area contributed by atoms with Crippen LogP contribution in [-0.2, 0) is 6.18 Å². The molecule has 1 heterocycles. The highest BCUT2D eigenvalue weighted by atomic mass is 35.5. The van der Waals surface area contributed by atoms with E-state index in [1.54, 1.807) is 0 Å². The summed E-state index contributed by atoms with van der Waals surface area (Å²) in [6.07, 6.45) is -2.72. The Hall–Kier alpha value is -2.06. The molecule has 0 fully saturated rings. The summed E-state index contributed by atoms with van der Waals surface area (Å²) < 4.78 is 42.9. The lowest BCUT2D eigenvalue weighted by Crippen LogP contribution is -2.26. The number of halogens is 4. The van der Waals surface area contributed by atoms with Gasteiger partial charge in [0.1, 0.15) is 35.6 Å². The van der Waals surface area contributed by atoms with Crippen molar-refractivity contribution in [3.63, 3.8) is 0 Å². The Morgan fingerprint density at radius 1 is 1.35 bits per heavy atom. The number of ether oxygens (including phenoxy) is 1. The Bertz CT molecular complexity index is 655. The zero-order valence-corrected chi connectivity index (χ0v) is 12.5. The first-order chi connectivity index (χ1) is 10.9. The predicted molar refractivity (Wildman–Crippen MR) is 78.5 cm³/mol. The molecule has 1 aromatic carbocycles. The molecule has 0 spiro atoms. The summed E-state index contributed by atoms with van der Waals surface area (Å²) in [5, 5.41) is 12.9. The van der Waals surface area contributed by atoms with Gasteiger partial charge in [0.2, 0.25) is 0 Å². The van der Waals surface area contributed by atoms with Gasteiger partial charge in [-0.3, -0.25) is 0 Å². The first kappa shape index (κ1) is 17.3. The van der Waals surface area contributed by atoms with Gasteiger partial charge in [-0.1, -0.05) is 17.7 Å². The summed E-state index contributed by atoms with van der Waals surface area (Å²) in [6.45, 7) is -0.118. The van der Waals surface area contributed by atoms with Crippen molar-refractivity contribution >= 4 is 17.4 Å². The zero-order chi connectivity index (χ0) is 16.9. The van der Waals surface area contributed by atoms with E-state index in [1.807, 2.05) is 0 Å². The summed E-state index contributed by atoms with van der Waals surface area (Å²) >= 11 is 5.83. The van der Waals surface area contributed by atoms with Gasteiger partial charge in [0, 0.05) is 6.54 Å². The maximum Gasteiger partial charge on any atom is 0.416 e. The molecule has 2 rings (SSSR count). The molecule has 0 saturated heterocycles. The van der Waals surface area contributed by atoms with E-state index in [0.29, 0.717) is 10.8 Å². The molecule has 0 aliphatic heterocycles. The zero-order valence-electron chi connectivity index (χ0n) is 11.7. The molecule has 1 unspecified atom stereocenters. The number of aliphatic hydroxyl groups excluding tert-OH is 1. The number of hydrogen-bond donors (Lipinski definition) is 2. The van der Waals surface area contributed by atoms with Gasteiger partial charge in [-0.05, 0) is 18.2 Å². The van der Waals surface area contributed by atoms with Gasteiger partial charge in [-0.25, -0.2) is 9.97 Å². The molecular weight excluding hydrogens is 335 g/mol. The standard InChI is InChI=1S/C14H13ClF3N3O2/c15-12-6-19-8-21-13(12)20-5-10(22)7-23-11-3-1-2-9(4-11)14(16,17)18/h1-4,6,8,10,22H,5,7H2,(H,19,20,21). The van der Waals surface area contributed by atoms with Crippen molar-refractivity contribution in [1.82, 2.24) is 9.97 Å². The number of aliphatic hydroxyl groups is 1. The van der Waals surface area contributed by atoms with E-state index in [4.69, 9.17) is 16.3 Å². The lowest BCUT2D eigenvalue weighted by atomic mass is 10.2. The fourth-order valence-electron chi connectivity index (χ4n) is 1.67. The van der Waals surface area contributed by atoms with E-state index in [2.05, 4.69) is 15.3 Å². The molecule has 124 valence electrons. The van der Waals surface area contributed by atoms with Crippen LogP contribution in [-0.4, -0.2) is 34.3 Å². The highest BCUT2D eigenvalue weighted by Gasteiger charge is 2.30. The van der Waals surface area contributed by atoms with Crippen LogP contribution in [0.5, 0.6) is 5.75 Å². The van der Waals surface area contributed by atoms with Crippen LogP contribution in [0.3, 0.4) is 0 Å². The second kappa shape index (κ2) is 7.47. The van der Waals surface area contributed by atoms with Gasteiger partial charge >= 0.3 is 6.18 Å². The fourth-order valence-corrected chi connectivity index (χ4v) is 1.84. The molecule has 0 bridgehead atoms. The number of alkyl halides is 3. The van der Waals surface area contributed by atoms with Crippen LogP contribution in [0.2, 0.25) is 5.02 Å². The molecule has 9 heteroatoms. The van der Waals surface area contributed by atoms with Gasteiger partial charge in [0.25, 0.3) is 0 Å². The number of nitrogens with zero attached hydrogens (tertiary/aromatic N) is 2. The monoisotopic (exact) mass is 347 g/mol. The molecule has 2 N–H and O–H groups in total. The van der Waals surface area contributed by atoms with Crippen molar-refractivity contribution in [2.24, 2.45) is 0 Å². The summed E-state index contributed by atoms with van der Waals surface area (Å²) in [5.41, 5.74) is -0.810. The fraction of sp³-hybridized carbons (Fsp3) is 0.286. The lowest BCUT2D eigenvalue weighted by Gasteiger charge is -2.15. The van der Waals surface area contributed by atoms with E-state index in [9.17, 15) is 18.3 Å². The van der Waals surface area contributed by atoms with Crippen molar-refractivity contribution in [3.05, 3.63) is 47.4 Å². The first-order valence-electron chi connectivity index (χ1n) is 6.54. The number of aromatic nitrogens is 2. The Labute approximate surface area is 135 Å².